The number of carbonyl (C=O) groups excluding carboxylic acids is 1. The maximum Gasteiger partial charge on any atom is 0.416 e. The van der Waals surface area contributed by atoms with Gasteiger partial charge in [0.25, 0.3) is 0 Å². The number of nitrogens with two attached hydrogens (primary N) is 1. The molecular formula is C15H19F3N2O. The Hall–Kier alpha value is -1.56. The summed E-state index contributed by atoms with van der Waals surface area (Å²) in [4.78, 5) is 11.9. The zero-order valence-electron chi connectivity index (χ0n) is 11.8. The summed E-state index contributed by atoms with van der Waals surface area (Å²) < 4.78 is 39.5. The van der Waals surface area contributed by atoms with Crippen LogP contribution in [-0.4, -0.2) is 11.9 Å². The van der Waals surface area contributed by atoms with Gasteiger partial charge in [-0.15, -0.1) is 0 Å². The maximum absolute atomic E-state index is 13.2. The lowest BCUT2D eigenvalue weighted by Gasteiger charge is -2.33. The third-order valence-electron chi connectivity index (χ3n) is 4.11. The van der Waals surface area contributed by atoms with Crippen LogP contribution in [0.4, 0.5) is 13.2 Å². The molecule has 1 aliphatic carbocycles. The van der Waals surface area contributed by atoms with E-state index >= 15 is 0 Å². The van der Waals surface area contributed by atoms with Gasteiger partial charge in [-0.05, 0) is 31.4 Å². The molecule has 116 valence electrons. The molecule has 1 saturated carbocycles. The van der Waals surface area contributed by atoms with Crippen molar-refractivity contribution in [2.24, 2.45) is 5.73 Å². The highest BCUT2D eigenvalue weighted by Crippen LogP contribution is 2.37. The lowest BCUT2D eigenvalue weighted by molar-refractivity contribution is -0.139. The summed E-state index contributed by atoms with van der Waals surface area (Å²) in [5, 5.41) is 3.05. The van der Waals surface area contributed by atoms with Crippen LogP contribution in [0.25, 0.3) is 0 Å². The van der Waals surface area contributed by atoms with Crippen LogP contribution in [0.5, 0.6) is 0 Å². The third kappa shape index (κ3) is 3.20. The first-order valence-corrected chi connectivity index (χ1v) is 6.99. The van der Waals surface area contributed by atoms with Crippen LogP contribution < -0.4 is 11.1 Å². The number of hydrogen-bond donors (Lipinski definition) is 2. The van der Waals surface area contributed by atoms with Gasteiger partial charge in [0.15, 0.2) is 0 Å². The summed E-state index contributed by atoms with van der Waals surface area (Å²) >= 11 is 0. The molecule has 0 aromatic heterocycles. The van der Waals surface area contributed by atoms with Crippen molar-refractivity contribution in [1.82, 2.24) is 5.32 Å². The van der Waals surface area contributed by atoms with Gasteiger partial charge in [0.2, 0.25) is 5.91 Å². The van der Waals surface area contributed by atoms with Crippen molar-refractivity contribution < 1.29 is 18.0 Å². The van der Waals surface area contributed by atoms with Crippen LogP contribution >= 0.6 is 0 Å². The van der Waals surface area contributed by atoms with Crippen molar-refractivity contribution in [1.29, 1.82) is 0 Å². The first-order valence-electron chi connectivity index (χ1n) is 6.99. The molecule has 0 heterocycles. The number of rotatable bonds is 4. The van der Waals surface area contributed by atoms with Crippen molar-refractivity contribution >= 4 is 5.91 Å². The quantitative estimate of drug-likeness (QED) is 0.898. The van der Waals surface area contributed by atoms with Crippen LogP contribution in [0.3, 0.4) is 0 Å². The van der Waals surface area contributed by atoms with E-state index in [0.29, 0.717) is 0 Å². The largest absolute Gasteiger partial charge is 0.416 e. The van der Waals surface area contributed by atoms with Crippen molar-refractivity contribution in [2.75, 3.05) is 0 Å². The van der Waals surface area contributed by atoms with Gasteiger partial charge in [-0.1, -0.05) is 31.0 Å². The van der Waals surface area contributed by atoms with Crippen LogP contribution in [-0.2, 0) is 16.5 Å². The molecule has 2 rings (SSSR count). The van der Waals surface area contributed by atoms with E-state index < -0.39 is 23.2 Å². The molecular weight excluding hydrogens is 281 g/mol. The number of nitrogens with one attached hydrogen (secondary N) is 1. The van der Waals surface area contributed by atoms with E-state index in [1.807, 2.05) is 0 Å². The monoisotopic (exact) mass is 300 g/mol. The van der Waals surface area contributed by atoms with E-state index in [9.17, 15) is 18.0 Å². The highest BCUT2D eigenvalue weighted by Gasteiger charge is 2.43. The van der Waals surface area contributed by atoms with E-state index in [1.54, 1.807) is 0 Å². The van der Waals surface area contributed by atoms with Crippen molar-refractivity contribution in [3.8, 4) is 0 Å². The van der Waals surface area contributed by atoms with Crippen LogP contribution in [0.1, 0.15) is 43.7 Å². The Kier molecular flexibility index (Phi) is 4.27. The molecule has 0 bridgehead atoms. The van der Waals surface area contributed by atoms with Gasteiger partial charge in [-0.2, -0.15) is 13.2 Å². The van der Waals surface area contributed by atoms with Gasteiger partial charge < -0.3 is 5.73 Å². The van der Waals surface area contributed by atoms with Gasteiger partial charge >= 0.3 is 6.18 Å². The Bertz CT molecular complexity index is 524. The second kappa shape index (κ2) is 5.67. The summed E-state index contributed by atoms with van der Waals surface area (Å²) in [6.07, 6.45) is -0.820. The molecule has 6 heteroatoms. The fourth-order valence-electron chi connectivity index (χ4n) is 2.93. The molecule has 21 heavy (non-hydrogen) atoms. The minimum Gasteiger partial charge on any atom is -0.368 e. The Balaban J connectivity index is 2.45. The minimum absolute atomic E-state index is 0.0174. The lowest BCUT2D eigenvalue weighted by atomic mass is 9.86. The van der Waals surface area contributed by atoms with E-state index in [1.165, 1.54) is 25.1 Å². The standard InChI is InChI=1S/C15H19F3N2O/c1-14(13(19)21,20-10-6-2-3-7-10)11-8-4-5-9-12(11)15(16,17)18/h4-5,8-10,20H,2-3,6-7H2,1H3,(H2,19,21). The van der Waals surface area contributed by atoms with Gasteiger partial charge in [0, 0.05) is 6.04 Å². The second-order valence-corrected chi connectivity index (χ2v) is 5.66. The van der Waals surface area contributed by atoms with Gasteiger partial charge in [-0.25, -0.2) is 0 Å². The molecule has 1 aliphatic rings. The number of hydrogen-bond acceptors (Lipinski definition) is 2. The molecule has 0 saturated heterocycles. The minimum atomic E-state index is -4.52. The fraction of sp³-hybridized carbons (Fsp3) is 0.533. The Labute approximate surface area is 121 Å². The zero-order chi connectivity index (χ0) is 15.7. The number of alkyl halides is 3. The van der Waals surface area contributed by atoms with Crippen LogP contribution in [0.2, 0.25) is 0 Å². The van der Waals surface area contributed by atoms with Crippen molar-refractivity contribution in [2.45, 2.75) is 50.4 Å². The first kappa shape index (κ1) is 15.8. The second-order valence-electron chi connectivity index (χ2n) is 5.66. The number of primary amides is 1. The third-order valence-corrected chi connectivity index (χ3v) is 4.11. The Morgan fingerprint density at radius 3 is 2.19 bits per heavy atom. The molecule has 1 atom stereocenters. The van der Waals surface area contributed by atoms with E-state index in [4.69, 9.17) is 5.73 Å². The number of benzene rings is 1. The Morgan fingerprint density at radius 2 is 1.71 bits per heavy atom. The molecule has 1 aromatic carbocycles. The topological polar surface area (TPSA) is 55.1 Å². The normalized spacial score (nSPS) is 19.4. The molecule has 1 amide bonds. The predicted octanol–water partition coefficient (Wildman–Crippen LogP) is 2.94. The van der Waals surface area contributed by atoms with Crippen LogP contribution in [0.15, 0.2) is 24.3 Å². The van der Waals surface area contributed by atoms with Gasteiger partial charge in [0.05, 0.1) is 5.56 Å². The number of carbonyl (C=O) groups is 1. The molecule has 1 fully saturated rings. The summed E-state index contributed by atoms with van der Waals surface area (Å²) in [6.45, 7) is 1.43. The highest BCUT2D eigenvalue weighted by atomic mass is 19.4. The van der Waals surface area contributed by atoms with Crippen LogP contribution in [0, 0.1) is 0 Å². The SMILES string of the molecule is CC(NC1CCCC1)(C(N)=O)c1ccccc1C(F)(F)F. The molecule has 0 aliphatic heterocycles. The summed E-state index contributed by atoms with van der Waals surface area (Å²) in [6, 6.07) is 5.11. The first-order chi connectivity index (χ1) is 9.75. The fourth-order valence-corrected chi connectivity index (χ4v) is 2.93. The highest BCUT2D eigenvalue weighted by molar-refractivity contribution is 5.86. The van der Waals surface area contributed by atoms with E-state index in [-0.39, 0.29) is 11.6 Å². The smallest absolute Gasteiger partial charge is 0.368 e. The molecule has 3 N–H and O–H groups in total. The summed E-state index contributed by atoms with van der Waals surface area (Å²) in [5.41, 5.74) is 2.96. The molecule has 1 unspecified atom stereocenters. The lowest BCUT2D eigenvalue weighted by Crippen LogP contribution is -2.54. The predicted molar refractivity (Wildman–Crippen MR) is 73.4 cm³/mol. The summed E-state index contributed by atoms with van der Waals surface area (Å²) in [5.74, 6) is -0.800. The number of halogens is 3. The van der Waals surface area contributed by atoms with Gasteiger partial charge in [0.1, 0.15) is 5.54 Å². The molecule has 1 aromatic rings. The van der Waals surface area contributed by atoms with Crippen molar-refractivity contribution in [3.63, 3.8) is 0 Å². The average molecular weight is 300 g/mol. The van der Waals surface area contributed by atoms with Gasteiger partial charge in [-0.3, -0.25) is 10.1 Å². The van der Waals surface area contributed by atoms with E-state index in [0.717, 1.165) is 31.7 Å². The Morgan fingerprint density at radius 1 is 1.19 bits per heavy atom. The maximum atomic E-state index is 13.2. The van der Waals surface area contributed by atoms with Crippen molar-refractivity contribution in [3.05, 3.63) is 35.4 Å². The number of amides is 1. The van der Waals surface area contributed by atoms with E-state index in [2.05, 4.69) is 5.32 Å². The summed E-state index contributed by atoms with van der Waals surface area (Å²) in [7, 11) is 0. The zero-order valence-corrected chi connectivity index (χ0v) is 11.8. The molecule has 0 spiro atoms. The molecule has 3 nitrogen and oxygen atoms in total. The molecule has 0 radical (unpaired) electrons. The average Bonchev–Trinajstić information content (AvgIpc) is 2.90.